The van der Waals surface area contributed by atoms with Gasteiger partial charge in [-0.25, -0.2) is 14.8 Å². The second-order valence-corrected chi connectivity index (χ2v) is 10.6. The first-order valence-electron chi connectivity index (χ1n) is 14.5. The number of fused-ring (bicyclic) bond motifs is 1. The minimum atomic E-state index is -5.49. The van der Waals surface area contributed by atoms with E-state index < -0.39 is 48.4 Å². The van der Waals surface area contributed by atoms with E-state index in [1.807, 2.05) is 48.5 Å². The summed E-state index contributed by atoms with van der Waals surface area (Å²) >= 11 is 0. The average molecular weight is 653 g/mol. The Hall–Kier alpha value is -5.37. The molecule has 1 N–H and O–H groups in total. The molecule has 3 aromatic carbocycles. The molecule has 0 unspecified atom stereocenters. The number of rotatable bonds is 11. The first-order valence-corrected chi connectivity index (χ1v) is 14.5. The fourth-order valence-corrected chi connectivity index (χ4v) is 5.06. The minimum Gasteiger partial charge on any atom is -0.386 e. The van der Waals surface area contributed by atoms with Gasteiger partial charge in [-0.2, -0.15) is 13.2 Å². The van der Waals surface area contributed by atoms with Crippen molar-refractivity contribution in [1.82, 2.24) is 10.3 Å². The highest BCUT2D eigenvalue weighted by molar-refractivity contribution is 6.08. The highest BCUT2D eigenvalue weighted by atomic mass is 19.4. The van der Waals surface area contributed by atoms with E-state index in [1.165, 1.54) is 17.0 Å². The third-order valence-electron chi connectivity index (χ3n) is 7.26. The molecule has 3 amide bonds. The molecule has 0 bridgehead atoms. The van der Waals surface area contributed by atoms with E-state index in [4.69, 9.17) is 0 Å². The van der Waals surface area contributed by atoms with Crippen LogP contribution in [-0.2, 0) is 46.5 Å². The molecule has 14 heteroatoms. The smallest absolute Gasteiger partial charge is 0.386 e. The van der Waals surface area contributed by atoms with Gasteiger partial charge in [-0.05, 0) is 29.7 Å². The van der Waals surface area contributed by atoms with Crippen molar-refractivity contribution in [2.24, 2.45) is 0 Å². The monoisotopic (exact) mass is 652 g/mol. The molecule has 0 aliphatic carbocycles. The lowest BCUT2D eigenvalue weighted by Crippen LogP contribution is -2.60. The number of nitrogens with one attached hydrogen (secondary N) is 1. The van der Waals surface area contributed by atoms with Crippen LogP contribution in [0.25, 0.3) is 0 Å². The van der Waals surface area contributed by atoms with Crippen molar-refractivity contribution in [3.05, 3.63) is 96.1 Å². The number of hydrazine groups is 1. The zero-order chi connectivity index (χ0) is 34.1. The van der Waals surface area contributed by atoms with Gasteiger partial charge in [0.05, 0.1) is 24.3 Å². The van der Waals surface area contributed by atoms with Gasteiger partial charge in [-0.1, -0.05) is 72.8 Å². The van der Waals surface area contributed by atoms with Crippen LogP contribution < -0.4 is 15.2 Å². The maximum absolute atomic E-state index is 14.3. The van der Waals surface area contributed by atoms with E-state index in [0.717, 1.165) is 23.1 Å². The maximum Gasteiger partial charge on any atom is 0.491 e. The number of benzene rings is 3. The van der Waals surface area contributed by atoms with Crippen molar-refractivity contribution in [2.75, 3.05) is 16.5 Å². The molecule has 2 atom stereocenters. The fraction of sp³-hybridized carbons (Fsp3) is 0.273. The number of para-hydroxylation sites is 2. The summed E-state index contributed by atoms with van der Waals surface area (Å²) in [4.78, 5) is 78.5. The summed E-state index contributed by atoms with van der Waals surface area (Å²) < 4.78 is 42.0. The van der Waals surface area contributed by atoms with Crippen molar-refractivity contribution < 1.29 is 46.7 Å². The Morgan fingerprint density at radius 3 is 2.09 bits per heavy atom. The minimum absolute atomic E-state index is 0.00337. The predicted octanol–water partition coefficient (Wildman–Crippen LogP) is 3.51. The SMILES string of the molecule is CC(=O)N([C@H](C=O)CC(=O)OC(=O)C(F)(F)F)N1C(=O)[C@@H](NCc2ccccc2)CN(C(=O)CCc2ccccc2)c2ccccc21. The van der Waals surface area contributed by atoms with Crippen LogP contribution in [0.15, 0.2) is 84.9 Å². The zero-order valence-electron chi connectivity index (χ0n) is 25.2. The van der Waals surface area contributed by atoms with Gasteiger partial charge in [0.15, 0.2) is 0 Å². The number of aryl methyl sites for hydroxylation is 1. The lowest BCUT2D eigenvalue weighted by molar-refractivity contribution is -0.202. The highest BCUT2D eigenvalue weighted by Crippen LogP contribution is 2.35. The Balaban J connectivity index is 1.73. The van der Waals surface area contributed by atoms with Crippen LogP contribution in [0.2, 0.25) is 0 Å². The van der Waals surface area contributed by atoms with E-state index in [1.54, 1.807) is 24.3 Å². The average Bonchev–Trinajstić information content (AvgIpc) is 3.17. The molecule has 11 nitrogen and oxygen atoms in total. The van der Waals surface area contributed by atoms with Crippen LogP contribution in [0.4, 0.5) is 24.5 Å². The second kappa shape index (κ2) is 15.3. The Morgan fingerprint density at radius 1 is 0.936 bits per heavy atom. The van der Waals surface area contributed by atoms with Crippen molar-refractivity contribution in [1.29, 1.82) is 0 Å². The predicted molar refractivity (Wildman–Crippen MR) is 162 cm³/mol. The lowest BCUT2D eigenvalue weighted by Gasteiger charge is -2.38. The molecule has 0 radical (unpaired) electrons. The summed E-state index contributed by atoms with van der Waals surface area (Å²) in [5.41, 5.74) is 1.90. The quantitative estimate of drug-likeness (QED) is 0.189. The van der Waals surface area contributed by atoms with Gasteiger partial charge < -0.3 is 19.7 Å². The molecule has 1 heterocycles. The van der Waals surface area contributed by atoms with Crippen LogP contribution in [0.5, 0.6) is 0 Å². The molecule has 1 aliphatic rings. The second-order valence-electron chi connectivity index (χ2n) is 10.6. The molecule has 4 rings (SSSR count). The molecule has 0 saturated heterocycles. The van der Waals surface area contributed by atoms with E-state index in [2.05, 4.69) is 10.1 Å². The number of esters is 2. The third-order valence-corrected chi connectivity index (χ3v) is 7.26. The van der Waals surface area contributed by atoms with Crippen molar-refractivity contribution in [3.63, 3.8) is 0 Å². The van der Waals surface area contributed by atoms with Gasteiger partial charge in [-0.15, -0.1) is 0 Å². The standard InChI is InChI=1S/C33H31F3N4O7/c1-22(42)39(25(21-41)18-30(44)47-32(46)33(34,35)36)40-28-15-9-8-14-27(28)38(29(43)17-16-23-10-4-2-5-11-23)20-26(31(40)45)37-19-24-12-6-3-7-13-24/h2-15,21,25-26,37H,16-20H2,1H3/t25-,26-/m0/s1. The first-order chi connectivity index (χ1) is 22.4. The summed E-state index contributed by atoms with van der Waals surface area (Å²) in [5.74, 6) is -6.63. The number of carbonyl (C=O) groups excluding carboxylic acids is 6. The number of anilines is 2. The molecule has 0 fully saturated rings. The Kier molecular flexibility index (Phi) is 11.2. The van der Waals surface area contributed by atoms with Crippen LogP contribution in [0, 0.1) is 0 Å². The van der Waals surface area contributed by atoms with Crippen LogP contribution >= 0.6 is 0 Å². The molecule has 3 aromatic rings. The fourth-order valence-electron chi connectivity index (χ4n) is 5.06. The van der Waals surface area contributed by atoms with Crippen LogP contribution in [0.1, 0.15) is 30.9 Å². The van der Waals surface area contributed by atoms with E-state index in [9.17, 15) is 41.9 Å². The van der Waals surface area contributed by atoms with Gasteiger partial charge in [-0.3, -0.25) is 19.2 Å². The zero-order valence-corrected chi connectivity index (χ0v) is 25.2. The van der Waals surface area contributed by atoms with E-state index in [0.29, 0.717) is 11.4 Å². The maximum atomic E-state index is 14.3. The van der Waals surface area contributed by atoms with Crippen LogP contribution in [0.3, 0.4) is 0 Å². The summed E-state index contributed by atoms with van der Waals surface area (Å²) in [6, 6.07) is 21.3. The van der Waals surface area contributed by atoms with Gasteiger partial charge in [0.1, 0.15) is 18.4 Å². The number of halogens is 3. The topological polar surface area (TPSA) is 133 Å². The van der Waals surface area contributed by atoms with Crippen molar-refractivity contribution in [2.45, 2.75) is 51.0 Å². The summed E-state index contributed by atoms with van der Waals surface area (Å²) in [6.45, 7) is 0.960. The van der Waals surface area contributed by atoms with Gasteiger partial charge in [0.2, 0.25) is 11.8 Å². The van der Waals surface area contributed by atoms with Gasteiger partial charge in [0.25, 0.3) is 5.91 Å². The number of hydrogen-bond donors (Lipinski definition) is 1. The lowest BCUT2D eigenvalue weighted by atomic mass is 10.1. The van der Waals surface area contributed by atoms with Crippen LogP contribution in [-0.4, -0.2) is 65.8 Å². The Labute approximate surface area is 267 Å². The number of nitrogens with zero attached hydrogens (tertiary/aromatic N) is 3. The number of ether oxygens (including phenoxy) is 1. The molecule has 0 spiro atoms. The normalized spacial score (nSPS) is 15.2. The van der Waals surface area contributed by atoms with Crippen molar-refractivity contribution in [3.8, 4) is 0 Å². The molecular weight excluding hydrogens is 621 g/mol. The van der Waals surface area contributed by atoms with Crippen molar-refractivity contribution >= 4 is 47.3 Å². The molecule has 1 aliphatic heterocycles. The van der Waals surface area contributed by atoms with Gasteiger partial charge in [0, 0.05) is 19.9 Å². The van der Waals surface area contributed by atoms with E-state index in [-0.39, 0.29) is 43.1 Å². The molecular formula is C33H31F3N4O7. The molecule has 0 aromatic heterocycles. The molecule has 0 saturated carbocycles. The highest BCUT2D eigenvalue weighted by Gasteiger charge is 2.45. The first kappa shape index (κ1) is 34.5. The number of carbonyl (C=O) groups is 6. The summed E-state index contributed by atoms with van der Waals surface area (Å²) in [5, 5.41) is 4.56. The number of hydrogen-bond acceptors (Lipinski definition) is 8. The summed E-state index contributed by atoms with van der Waals surface area (Å²) in [7, 11) is 0. The number of amides is 3. The Morgan fingerprint density at radius 2 is 1.51 bits per heavy atom. The number of alkyl halides is 3. The molecule has 246 valence electrons. The molecule has 47 heavy (non-hydrogen) atoms. The number of aldehydes is 1. The Bertz CT molecular complexity index is 1620. The summed E-state index contributed by atoms with van der Waals surface area (Å²) in [6.07, 6.45) is -6.14. The van der Waals surface area contributed by atoms with E-state index >= 15 is 0 Å². The van der Waals surface area contributed by atoms with Gasteiger partial charge >= 0.3 is 18.1 Å². The largest absolute Gasteiger partial charge is 0.491 e. The third kappa shape index (κ3) is 8.67.